The Morgan fingerprint density at radius 3 is 2.19 bits per heavy atom. The maximum absolute atomic E-state index is 12.8. The molecule has 1 amide bonds. The Morgan fingerprint density at radius 2 is 1.62 bits per heavy atom. The van der Waals surface area contributed by atoms with Gasteiger partial charge in [-0.15, -0.1) is 11.8 Å². The number of amides is 1. The predicted octanol–water partition coefficient (Wildman–Crippen LogP) is 6.55. The summed E-state index contributed by atoms with van der Waals surface area (Å²) in [6.07, 6.45) is 1.05. The predicted molar refractivity (Wildman–Crippen MR) is 114 cm³/mol. The molecule has 0 aliphatic heterocycles. The largest absolute Gasteiger partial charge is 0.325 e. The van der Waals surface area contributed by atoms with E-state index < -0.39 is 0 Å². The number of nitrogens with one attached hydrogen (secondary N) is 1. The average molecular weight is 370 g/mol. The van der Waals surface area contributed by atoms with Crippen LogP contribution in [0.3, 0.4) is 0 Å². The molecule has 0 bridgehead atoms. The topological polar surface area (TPSA) is 29.1 Å². The lowest BCUT2D eigenvalue weighted by molar-refractivity contribution is -0.115. The Balaban J connectivity index is 2.20. The molecule has 3 heteroatoms. The molecule has 0 aliphatic carbocycles. The van der Waals surface area contributed by atoms with E-state index in [1.165, 1.54) is 32.7 Å². The van der Waals surface area contributed by atoms with E-state index in [9.17, 15) is 4.79 Å². The highest BCUT2D eigenvalue weighted by Crippen LogP contribution is 2.34. The molecule has 0 radical (unpaired) electrons. The van der Waals surface area contributed by atoms with Gasteiger partial charge in [-0.1, -0.05) is 38.1 Å². The van der Waals surface area contributed by atoms with E-state index in [0.29, 0.717) is 5.92 Å². The minimum absolute atomic E-state index is 0.0590. The molecular weight excluding hydrogens is 338 g/mol. The molecule has 2 aromatic carbocycles. The Kier molecular flexibility index (Phi) is 6.94. The monoisotopic (exact) mass is 369 g/mol. The Morgan fingerprint density at radius 1 is 1.04 bits per heavy atom. The molecule has 0 saturated carbocycles. The molecule has 2 atom stereocenters. The zero-order valence-corrected chi connectivity index (χ0v) is 17.9. The van der Waals surface area contributed by atoms with Gasteiger partial charge in [0.05, 0.1) is 5.25 Å². The molecule has 26 heavy (non-hydrogen) atoms. The summed E-state index contributed by atoms with van der Waals surface area (Å²) in [4.78, 5) is 14.1. The molecule has 2 rings (SSSR count). The van der Waals surface area contributed by atoms with Gasteiger partial charge in [-0.2, -0.15) is 0 Å². The van der Waals surface area contributed by atoms with Crippen LogP contribution in [0.15, 0.2) is 35.2 Å². The van der Waals surface area contributed by atoms with Gasteiger partial charge in [-0.05, 0) is 80.8 Å². The van der Waals surface area contributed by atoms with Crippen LogP contribution in [-0.4, -0.2) is 11.2 Å². The quantitative estimate of drug-likeness (QED) is 0.585. The van der Waals surface area contributed by atoms with Gasteiger partial charge in [0.1, 0.15) is 0 Å². The van der Waals surface area contributed by atoms with Crippen LogP contribution >= 0.6 is 11.8 Å². The van der Waals surface area contributed by atoms with E-state index in [4.69, 9.17) is 0 Å². The minimum atomic E-state index is -0.154. The third kappa shape index (κ3) is 4.50. The lowest BCUT2D eigenvalue weighted by Gasteiger charge is -2.20. The number of hydrogen-bond acceptors (Lipinski definition) is 2. The third-order valence-corrected chi connectivity index (χ3v) is 6.74. The van der Waals surface area contributed by atoms with Gasteiger partial charge in [0.2, 0.25) is 5.91 Å². The zero-order chi connectivity index (χ0) is 19.4. The lowest BCUT2D eigenvalue weighted by atomic mass is 9.97. The maximum Gasteiger partial charge on any atom is 0.237 e. The molecule has 0 unspecified atom stereocenters. The van der Waals surface area contributed by atoms with Gasteiger partial charge < -0.3 is 5.32 Å². The summed E-state index contributed by atoms with van der Waals surface area (Å²) in [5.41, 5.74) is 7.26. The molecule has 2 nitrogen and oxygen atoms in total. The number of benzene rings is 2. The lowest BCUT2D eigenvalue weighted by Crippen LogP contribution is -2.23. The summed E-state index contributed by atoms with van der Waals surface area (Å²) in [6.45, 7) is 14.9. The van der Waals surface area contributed by atoms with Crippen molar-refractivity contribution in [1.82, 2.24) is 0 Å². The summed E-state index contributed by atoms with van der Waals surface area (Å²) in [5, 5.41) is 3.00. The number of hydrogen-bond donors (Lipinski definition) is 1. The first-order valence-corrected chi connectivity index (χ1v) is 10.3. The third-order valence-electron chi connectivity index (χ3n) is 5.32. The van der Waals surface area contributed by atoms with E-state index in [-0.39, 0.29) is 11.2 Å². The molecule has 2 aromatic rings. The Hall–Kier alpha value is -1.74. The summed E-state index contributed by atoms with van der Waals surface area (Å²) in [7, 11) is 0. The van der Waals surface area contributed by atoms with Crippen LogP contribution in [0.5, 0.6) is 0 Å². The van der Waals surface area contributed by atoms with E-state index in [1.807, 2.05) is 25.1 Å². The van der Waals surface area contributed by atoms with Crippen molar-refractivity contribution in [3.63, 3.8) is 0 Å². The van der Waals surface area contributed by atoms with Gasteiger partial charge in [0.15, 0.2) is 0 Å². The molecular formula is C23H31NOS. The molecule has 0 aromatic heterocycles. The summed E-state index contributed by atoms with van der Waals surface area (Å²) in [6, 6.07) is 10.4. The van der Waals surface area contributed by atoms with Crippen LogP contribution in [0, 0.1) is 27.7 Å². The fourth-order valence-corrected chi connectivity index (χ4v) is 4.28. The van der Waals surface area contributed by atoms with Gasteiger partial charge >= 0.3 is 0 Å². The number of carbonyl (C=O) groups excluding carboxylic acids is 1. The van der Waals surface area contributed by atoms with E-state index >= 15 is 0 Å². The average Bonchev–Trinajstić information content (AvgIpc) is 2.63. The summed E-state index contributed by atoms with van der Waals surface area (Å²) < 4.78 is 0. The highest BCUT2D eigenvalue weighted by atomic mass is 32.2. The minimum Gasteiger partial charge on any atom is -0.325 e. The molecule has 140 valence electrons. The zero-order valence-electron chi connectivity index (χ0n) is 17.1. The second-order valence-corrected chi connectivity index (χ2v) is 8.59. The SMILES string of the molecule is CC[C@H](C)c1ccccc1NC(=O)[C@H](C)Sc1c(C)c(C)cc(C)c1C. The molecule has 0 aliphatic rings. The van der Waals surface area contributed by atoms with Crippen molar-refractivity contribution in [1.29, 1.82) is 0 Å². The number of rotatable bonds is 6. The number of aryl methyl sites for hydroxylation is 2. The van der Waals surface area contributed by atoms with Crippen molar-refractivity contribution in [2.24, 2.45) is 0 Å². The van der Waals surface area contributed by atoms with Crippen LogP contribution in [0.1, 0.15) is 60.9 Å². The number of thioether (sulfide) groups is 1. The van der Waals surface area contributed by atoms with Crippen molar-refractivity contribution >= 4 is 23.4 Å². The molecule has 0 heterocycles. The van der Waals surface area contributed by atoms with Crippen LogP contribution in [-0.2, 0) is 4.79 Å². The molecule has 0 fully saturated rings. The maximum atomic E-state index is 12.8. The van der Waals surface area contributed by atoms with Gasteiger partial charge in [-0.25, -0.2) is 0 Å². The van der Waals surface area contributed by atoms with Crippen LogP contribution in [0.4, 0.5) is 5.69 Å². The van der Waals surface area contributed by atoms with Gasteiger partial charge in [0.25, 0.3) is 0 Å². The van der Waals surface area contributed by atoms with Gasteiger partial charge in [0, 0.05) is 10.6 Å². The fraction of sp³-hybridized carbons (Fsp3) is 0.435. The molecule has 1 N–H and O–H groups in total. The summed E-state index contributed by atoms with van der Waals surface area (Å²) >= 11 is 1.66. The van der Waals surface area contributed by atoms with E-state index in [2.05, 4.69) is 59.0 Å². The highest BCUT2D eigenvalue weighted by molar-refractivity contribution is 8.00. The normalized spacial score (nSPS) is 13.3. The van der Waals surface area contributed by atoms with Crippen LogP contribution in [0.2, 0.25) is 0 Å². The molecule has 0 spiro atoms. The Labute approximate surface area is 162 Å². The van der Waals surface area contributed by atoms with Crippen LogP contribution < -0.4 is 5.32 Å². The summed E-state index contributed by atoms with van der Waals surface area (Å²) in [5.74, 6) is 0.488. The van der Waals surface area contributed by atoms with Crippen molar-refractivity contribution in [3.05, 3.63) is 58.1 Å². The smallest absolute Gasteiger partial charge is 0.237 e. The van der Waals surface area contributed by atoms with Crippen molar-refractivity contribution in [2.75, 3.05) is 5.32 Å². The number of para-hydroxylation sites is 1. The van der Waals surface area contributed by atoms with E-state index in [0.717, 1.165) is 12.1 Å². The standard InChI is InChI=1S/C23H31NOS/c1-8-14(2)20-11-9-10-12-21(20)24-23(25)19(7)26-22-17(5)15(3)13-16(4)18(22)6/h9-14,19H,8H2,1-7H3,(H,24,25)/t14-,19-/m0/s1. The van der Waals surface area contributed by atoms with Crippen molar-refractivity contribution in [2.45, 2.75) is 71.0 Å². The Bertz CT molecular complexity index is 771. The first-order chi connectivity index (χ1) is 12.3. The molecule has 0 saturated heterocycles. The second kappa shape index (κ2) is 8.77. The van der Waals surface area contributed by atoms with Crippen LogP contribution in [0.25, 0.3) is 0 Å². The highest BCUT2D eigenvalue weighted by Gasteiger charge is 2.20. The number of carbonyl (C=O) groups is 1. The first-order valence-electron chi connectivity index (χ1n) is 9.40. The van der Waals surface area contributed by atoms with E-state index in [1.54, 1.807) is 11.8 Å². The number of anilines is 1. The fourth-order valence-electron chi connectivity index (χ4n) is 3.08. The first kappa shape index (κ1) is 20.6. The van der Waals surface area contributed by atoms with Crippen molar-refractivity contribution in [3.8, 4) is 0 Å². The second-order valence-electron chi connectivity index (χ2n) is 7.24. The van der Waals surface area contributed by atoms with Crippen molar-refractivity contribution < 1.29 is 4.79 Å². The van der Waals surface area contributed by atoms with Gasteiger partial charge in [-0.3, -0.25) is 4.79 Å².